The first-order valence-electron chi connectivity index (χ1n) is 42.8. The molecule has 0 spiro atoms. The number of esters is 4. The molecule has 17 nitrogen and oxygen atoms in total. The highest BCUT2D eigenvalue weighted by molar-refractivity contribution is 7.47. The maximum atomic E-state index is 13.1. The highest BCUT2D eigenvalue weighted by Crippen LogP contribution is 2.45. The minimum Gasteiger partial charge on any atom is -0.462 e. The standard InChI is InChI=1S/C89H154O17P2/c1-5-9-13-17-21-25-29-33-37-39-41-43-47-49-53-57-61-65-69-73-86(91)99-79-84(105-88(93)75-71-67-63-59-55-51-45-35-31-27-23-19-15-11-7-3)81-103-107(95,96)101-77-83(90)78-102-108(97,98)104-82-85(106-89(94)76-72-68-64-60-56-52-46-36-32-28-24-20-16-12-8-4)80-100-87(92)74-70-66-62-58-54-50-48-44-42-40-38-34-30-26-22-18-14-10-6-2/h9-10,13-14,21-22,25-26,33-34,37-38,41-44,49-50,53-54,83-85,90H,5-8,11-12,15-20,23-24,27-32,35-36,39-40,45-48,51-52,55-82H2,1-4H3,(H,95,96)(H,97,98)/b13-9-,14-10-,25-21-,26-22-,37-33-,38-34-,43-41-,44-42-,53-49-,54-50-. The number of phosphoric acid groups is 2. The third-order valence-corrected chi connectivity index (χ3v) is 19.9. The Labute approximate surface area is 657 Å². The minimum absolute atomic E-state index is 0.0889. The molecule has 0 aliphatic rings. The number of hydrogen-bond donors (Lipinski definition) is 3. The molecule has 0 bridgehead atoms. The van der Waals surface area contributed by atoms with E-state index >= 15 is 0 Å². The van der Waals surface area contributed by atoms with Gasteiger partial charge in [-0.1, -0.05) is 342 Å². The molecule has 0 aliphatic heterocycles. The predicted octanol–water partition coefficient (Wildman–Crippen LogP) is 25.5. The van der Waals surface area contributed by atoms with Crippen LogP contribution in [-0.4, -0.2) is 96.7 Å². The second-order valence-electron chi connectivity index (χ2n) is 28.4. The van der Waals surface area contributed by atoms with Crippen LogP contribution in [-0.2, 0) is 65.4 Å². The molecule has 0 aromatic carbocycles. The van der Waals surface area contributed by atoms with Gasteiger partial charge in [-0.15, -0.1) is 0 Å². The molecule has 108 heavy (non-hydrogen) atoms. The lowest BCUT2D eigenvalue weighted by atomic mass is 10.0. The van der Waals surface area contributed by atoms with Crippen LogP contribution in [0.5, 0.6) is 0 Å². The van der Waals surface area contributed by atoms with Crippen LogP contribution in [0, 0.1) is 0 Å². The van der Waals surface area contributed by atoms with Crippen LogP contribution in [0.25, 0.3) is 0 Å². The van der Waals surface area contributed by atoms with Gasteiger partial charge in [0.2, 0.25) is 0 Å². The zero-order valence-corrected chi connectivity index (χ0v) is 70.0. The van der Waals surface area contributed by atoms with Crippen molar-refractivity contribution in [2.75, 3.05) is 39.6 Å². The second kappa shape index (κ2) is 80.5. The molecule has 4 atom stereocenters. The Bertz CT molecular complexity index is 2350. The van der Waals surface area contributed by atoms with Gasteiger partial charge in [0.1, 0.15) is 19.3 Å². The first-order valence-corrected chi connectivity index (χ1v) is 45.8. The number of carbonyl (C=O) groups is 4. The van der Waals surface area contributed by atoms with E-state index in [0.29, 0.717) is 25.7 Å². The average Bonchev–Trinajstić information content (AvgIpc) is 0.923. The van der Waals surface area contributed by atoms with Gasteiger partial charge in [0, 0.05) is 25.7 Å². The van der Waals surface area contributed by atoms with Crippen molar-refractivity contribution in [2.45, 2.75) is 380 Å². The van der Waals surface area contributed by atoms with Crippen molar-refractivity contribution in [3.63, 3.8) is 0 Å². The molecule has 622 valence electrons. The highest BCUT2D eigenvalue weighted by atomic mass is 31.2. The molecule has 0 saturated heterocycles. The first-order chi connectivity index (χ1) is 52.7. The van der Waals surface area contributed by atoms with E-state index in [2.05, 4.69) is 149 Å². The summed E-state index contributed by atoms with van der Waals surface area (Å²) in [6, 6.07) is 0. The van der Waals surface area contributed by atoms with Crippen molar-refractivity contribution in [1.82, 2.24) is 0 Å². The van der Waals surface area contributed by atoms with Gasteiger partial charge in [0.15, 0.2) is 12.2 Å². The third-order valence-electron chi connectivity index (χ3n) is 18.0. The lowest BCUT2D eigenvalue weighted by Crippen LogP contribution is -2.30. The van der Waals surface area contributed by atoms with Crippen molar-refractivity contribution < 1.29 is 80.2 Å². The summed E-state index contributed by atoms with van der Waals surface area (Å²) >= 11 is 0. The molecule has 0 radical (unpaired) electrons. The quantitative estimate of drug-likeness (QED) is 0.0169. The lowest BCUT2D eigenvalue weighted by molar-refractivity contribution is -0.161. The van der Waals surface area contributed by atoms with E-state index < -0.39 is 97.5 Å². The van der Waals surface area contributed by atoms with Gasteiger partial charge in [0.25, 0.3) is 0 Å². The Morgan fingerprint density at radius 3 is 0.741 bits per heavy atom. The van der Waals surface area contributed by atoms with Gasteiger partial charge >= 0.3 is 39.5 Å². The zero-order valence-electron chi connectivity index (χ0n) is 68.2. The van der Waals surface area contributed by atoms with Crippen LogP contribution >= 0.6 is 15.6 Å². The number of aliphatic hydroxyl groups is 1. The summed E-state index contributed by atoms with van der Waals surface area (Å²) in [6.45, 7) is 4.64. The van der Waals surface area contributed by atoms with E-state index in [0.717, 1.165) is 154 Å². The normalized spacial score (nSPS) is 14.4. The summed E-state index contributed by atoms with van der Waals surface area (Å²) in [5, 5.41) is 10.7. The number of allylic oxidation sites excluding steroid dienone is 20. The SMILES string of the molecule is CC/C=C\C/C=C\C/C=C\C/C=C\C/C=C\CCCCCC(=O)OCC(COP(=O)(O)OCC(O)COP(=O)(O)OCC(COC(=O)CCCCC/C=C\C/C=C\C/C=C\C/C=C\C/C=C\CC)OC(=O)CCCCCCCCCCCCCCCCC)OC(=O)CCCCCCCCCCCCCCCCC. The van der Waals surface area contributed by atoms with Gasteiger partial charge < -0.3 is 33.8 Å². The summed E-state index contributed by atoms with van der Waals surface area (Å²) in [5.41, 5.74) is 0. The fourth-order valence-corrected chi connectivity index (χ4v) is 13.1. The van der Waals surface area contributed by atoms with Gasteiger partial charge in [-0.3, -0.25) is 37.3 Å². The predicted molar refractivity (Wildman–Crippen MR) is 445 cm³/mol. The molecule has 0 fully saturated rings. The molecule has 0 aromatic heterocycles. The Hall–Kier alpha value is -4.54. The van der Waals surface area contributed by atoms with E-state index in [1.807, 2.05) is 0 Å². The molecule has 0 heterocycles. The highest BCUT2D eigenvalue weighted by Gasteiger charge is 2.30. The van der Waals surface area contributed by atoms with Crippen molar-refractivity contribution in [2.24, 2.45) is 0 Å². The topological polar surface area (TPSA) is 237 Å². The Balaban J connectivity index is 5.41. The molecule has 0 aliphatic carbocycles. The summed E-state index contributed by atoms with van der Waals surface area (Å²) in [5.74, 6) is -2.23. The van der Waals surface area contributed by atoms with Gasteiger partial charge in [0.05, 0.1) is 26.4 Å². The lowest BCUT2D eigenvalue weighted by Gasteiger charge is -2.21. The maximum absolute atomic E-state index is 13.1. The molecule has 0 amide bonds. The number of ether oxygens (including phenoxy) is 4. The van der Waals surface area contributed by atoms with Crippen molar-refractivity contribution in [1.29, 1.82) is 0 Å². The molecule has 4 unspecified atom stereocenters. The smallest absolute Gasteiger partial charge is 0.462 e. The fraction of sp³-hybridized carbons (Fsp3) is 0.730. The fourth-order valence-electron chi connectivity index (χ4n) is 11.5. The van der Waals surface area contributed by atoms with E-state index in [9.17, 15) is 43.2 Å². The molecule has 0 saturated carbocycles. The Morgan fingerprint density at radius 1 is 0.269 bits per heavy atom. The molecule has 3 N–H and O–H groups in total. The number of unbranched alkanes of at least 4 members (excludes halogenated alkanes) is 34. The van der Waals surface area contributed by atoms with Crippen molar-refractivity contribution in [3.8, 4) is 0 Å². The van der Waals surface area contributed by atoms with Crippen LogP contribution in [0.1, 0.15) is 362 Å². The number of phosphoric ester groups is 2. The Morgan fingerprint density at radius 2 is 0.481 bits per heavy atom. The van der Waals surface area contributed by atoms with E-state index in [-0.39, 0.29) is 25.7 Å². The van der Waals surface area contributed by atoms with E-state index in [1.165, 1.54) is 128 Å². The molecule has 0 rings (SSSR count). The van der Waals surface area contributed by atoms with Gasteiger partial charge in [-0.2, -0.15) is 0 Å². The van der Waals surface area contributed by atoms with E-state index in [4.69, 9.17) is 37.0 Å². The van der Waals surface area contributed by atoms with Crippen molar-refractivity contribution in [3.05, 3.63) is 122 Å². The zero-order chi connectivity index (χ0) is 78.9. The van der Waals surface area contributed by atoms with Gasteiger partial charge in [-0.25, -0.2) is 9.13 Å². The van der Waals surface area contributed by atoms with Gasteiger partial charge in [-0.05, 0) is 116 Å². The molecule has 19 heteroatoms. The van der Waals surface area contributed by atoms with Crippen LogP contribution in [0.2, 0.25) is 0 Å². The minimum atomic E-state index is -4.99. The summed E-state index contributed by atoms with van der Waals surface area (Å²) < 4.78 is 68.8. The maximum Gasteiger partial charge on any atom is 0.472 e. The largest absolute Gasteiger partial charge is 0.472 e. The Kier molecular flexibility index (Phi) is 77.1. The van der Waals surface area contributed by atoms with Crippen LogP contribution in [0.3, 0.4) is 0 Å². The number of hydrogen-bond acceptors (Lipinski definition) is 15. The van der Waals surface area contributed by atoms with E-state index in [1.54, 1.807) is 0 Å². The molecule has 0 aromatic rings. The summed E-state index contributed by atoms with van der Waals surface area (Å²) in [7, 11) is -9.98. The van der Waals surface area contributed by atoms with Crippen LogP contribution in [0.4, 0.5) is 0 Å². The molecular formula is C89H154O17P2. The number of aliphatic hydroxyl groups excluding tert-OH is 1. The number of carbonyl (C=O) groups excluding carboxylic acids is 4. The van der Waals surface area contributed by atoms with Crippen LogP contribution in [0.15, 0.2) is 122 Å². The summed E-state index contributed by atoms with van der Waals surface area (Å²) in [4.78, 5) is 73.2. The summed E-state index contributed by atoms with van der Waals surface area (Å²) in [6.07, 6.45) is 90.1. The average molecular weight is 1560 g/mol. The van der Waals surface area contributed by atoms with Crippen LogP contribution < -0.4 is 0 Å². The van der Waals surface area contributed by atoms with Crippen molar-refractivity contribution >= 4 is 39.5 Å². The second-order valence-corrected chi connectivity index (χ2v) is 31.3. The number of rotatable bonds is 80. The first kappa shape index (κ1) is 103. The molecular weight excluding hydrogens is 1400 g/mol. The third kappa shape index (κ3) is 79.5. The monoisotopic (exact) mass is 1560 g/mol.